The monoisotopic (exact) mass is 201 g/mol. The van der Waals surface area contributed by atoms with Crippen LogP contribution < -0.4 is 0 Å². The van der Waals surface area contributed by atoms with E-state index in [0.717, 1.165) is 0 Å². The second-order valence-electron chi connectivity index (χ2n) is 1.86. The van der Waals surface area contributed by atoms with Crippen molar-refractivity contribution in [2.75, 3.05) is 0 Å². The SMILES string of the molecule is Cc1sc(C(F)(F)F)nc1Cl. The first kappa shape index (κ1) is 8.80. The van der Waals surface area contributed by atoms with Crippen LogP contribution in [0.25, 0.3) is 0 Å². The van der Waals surface area contributed by atoms with Gasteiger partial charge in [0, 0.05) is 4.88 Å². The molecule has 0 spiro atoms. The van der Waals surface area contributed by atoms with Crippen molar-refractivity contribution in [2.45, 2.75) is 13.1 Å². The molecule has 6 heteroatoms. The average molecular weight is 202 g/mol. The third-order valence-corrected chi connectivity index (χ3v) is 2.48. The Hall–Kier alpha value is -0.290. The summed E-state index contributed by atoms with van der Waals surface area (Å²) in [7, 11) is 0. The van der Waals surface area contributed by atoms with E-state index in [9.17, 15) is 13.2 Å². The molecule has 0 bridgehead atoms. The van der Waals surface area contributed by atoms with Crippen LogP contribution in [0.5, 0.6) is 0 Å². The Morgan fingerprint density at radius 2 is 2.00 bits per heavy atom. The van der Waals surface area contributed by atoms with Crippen LogP contribution in [-0.4, -0.2) is 4.98 Å². The predicted octanol–water partition coefficient (Wildman–Crippen LogP) is 3.12. The van der Waals surface area contributed by atoms with E-state index in [4.69, 9.17) is 11.6 Å². The lowest BCUT2D eigenvalue weighted by atomic mass is 10.6. The van der Waals surface area contributed by atoms with Crippen molar-refractivity contribution in [1.29, 1.82) is 0 Å². The number of thiazole rings is 1. The highest BCUT2D eigenvalue weighted by Crippen LogP contribution is 2.35. The fraction of sp³-hybridized carbons (Fsp3) is 0.400. The quantitative estimate of drug-likeness (QED) is 0.629. The van der Waals surface area contributed by atoms with Gasteiger partial charge in [0.1, 0.15) is 5.15 Å². The summed E-state index contributed by atoms with van der Waals surface area (Å²) in [5, 5.41) is -0.956. The number of nitrogens with zero attached hydrogens (tertiary/aromatic N) is 1. The normalized spacial score (nSPS) is 12.1. The molecule has 0 saturated carbocycles. The first-order valence-corrected chi connectivity index (χ1v) is 3.81. The zero-order chi connectivity index (χ0) is 8.65. The molecule has 1 nitrogen and oxygen atoms in total. The lowest BCUT2D eigenvalue weighted by Gasteiger charge is -1.98. The second-order valence-corrected chi connectivity index (χ2v) is 3.42. The van der Waals surface area contributed by atoms with Crippen molar-refractivity contribution in [2.24, 2.45) is 0 Å². The van der Waals surface area contributed by atoms with E-state index in [1.807, 2.05) is 0 Å². The number of aryl methyl sites for hydroxylation is 1. The summed E-state index contributed by atoms with van der Waals surface area (Å²) >= 11 is 5.89. The zero-order valence-corrected chi connectivity index (χ0v) is 6.94. The Balaban J connectivity index is 3.08. The van der Waals surface area contributed by atoms with Crippen molar-refractivity contribution in [3.8, 4) is 0 Å². The second kappa shape index (κ2) is 2.64. The number of rotatable bonds is 0. The first-order valence-electron chi connectivity index (χ1n) is 2.61. The van der Waals surface area contributed by atoms with E-state index >= 15 is 0 Å². The summed E-state index contributed by atoms with van der Waals surface area (Å²) in [6.45, 7) is 1.50. The van der Waals surface area contributed by atoms with Crippen LogP contribution in [0.1, 0.15) is 9.88 Å². The molecule has 0 aromatic carbocycles. The summed E-state index contributed by atoms with van der Waals surface area (Å²) in [5.74, 6) is 0. The summed E-state index contributed by atoms with van der Waals surface area (Å²) in [6.07, 6.45) is -4.37. The maximum absolute atomic E-state index is 11.9. The summed E-state index contributed by atoms with van der Waals surface area (Å²) in [5.41, 5.74) is 0. The van der Waals surface area contributed by atoms with Gasteiger partial charge in [-0.05, 0) is 6.92 Å². The summed E-state index contributed by atoms with van der Waals surface area (Å²) in [4.78, 5) is 3.53. The molecule has 0 saturated heterocycles. The molecule has 0 atom stereocenters. The van der Waals surface area contributed by atoms with E-state index < -0.39 is 11.2 Å². The van der Waals surface area contributed by atoms with Gasteiger partial charge < -0.3 is 0 Å². The highest BCUT2D eigenvalue weighted by atomic mass is 35.5. The molecular weight excluding hydrogens is 199 g/mol. The first-order chi connectivity index (χ1) is 4.91. The number of aromatic nitrogens is 1. The van der Waals surface area contributed by atoms with Crippen molar-refractivity contribution >= 4 is 22.9 Å². The van der Waals surface area contributed by atoms with Gasteiger partial charge in [-0.1, -0.05) is 11.6 Å². The largest absolute Gasteiger partial charge is 0.443 e. The minimum absolute atomic E-state index is 0.0673. The van der Waals surface area contributed by atoms with Gasteiger partial charge in [0.25, 0.3) is 0 Å². The van der Waals surface area contributed by atoms with Gasteiger partial charge >= 0.3 is 6.18 Å². The molecule has 1 rings (SSSR count). The van der Waals surface area contributed by atoms with Crippen LogP contribution in [0, 0.1) is 6.92 Å². The van der Waals surface area contributed by atoms with E-state index in [1.54, 1.807) is 0 Å². The van der Waals surface area contributed by atoms with Gasteiger partial charge in [-0.2, -0.15) is 13.2 Å². The topological polar surface area (TPSA) is 12.9 Å². The summed E-state index contributed by atoms with van der Waals surface area (Å²) in [6, 6.07) is 0. The average Bonchev–Trinajstić information content (AvgIpc) is 2.11. The van der Waals surface area contributed by atoms with Crippen LogP contribution in [0.3, 0.4) is 0 Å². The van der Waals surface area contributed by atoms with Crippen LogP contribution in [0.2, 0.25) is 5.15 Å². The molecule has 0 aliphatic carbocycles. The van der Waals surface area contributed by atoms with Gasteiger partial charge in [-0.25, -0.2) is 4.98 Å². The van der Waals surface area contributed by atoms with Gasteiger partial charge in [-0.3, -0.25) is 0 Å². The van der Waals surface area contributed by atoms with Crippen LogP contribution >= 0.6 is 22.9 Å². The molecule has 0 aliphatic rings. The fourth-order valence-corrected chi connectivity index (χ4v) is 1.42. The Bertz CT molecular complexity index is 248. The molecule has 1 heterocycles. The fourth-order valence-electron chi connectivity index (χ4n) is 0.499. The van der Waals surface area contributed by atoms with E-state index in [2.05, 4.69) is 4.98 Å². The zero-order valence-electron chi connectivity index (χ0n) is 5.37. The van der Waals surface area contributed by atoms with E-state index in [0.29, 0.717) is 16.2 Å². The third kappa shape index (κ3) is 1.84. The number of halogens is 4. The van der Waals surface area contributed by atoms with E-state index in [1.165, 1.54) is 6.92 Å². The highest BCUT2D eigenvalue weighted by molar-refractivity contribution is 7.12. The lowest BCUT2D eigenvalue weighted by molar-refractivity contribution is -0.137. The molecule has 11 heavy (non-hydrogen) atoms. The molecule has 0 aliphatic heterocycles. The van der Waals surface area contributed by atoms with Crippen molar-refractivity contribution in [3.63, 3.8) is 0 Å². The molecule has 0 fully saturated rings. The maximum Gasteiger partial charge on any atom is 0.443 e. The molecular formula is C5H3ClF3NS. The predicted molar refractivity (Wildman–Crippen MR) is 36.9 cm³/mol. The van der Waals surface area contributed by atoms with Crippen LogP contribution in [-0.2, 0) is 6.18 Å². The minimum atomic E-state index is -4.37. The number of alkyl halides is 3. The molecule has 0 amide bonds. The van der Waals surface area contributed by atoms with E-state index in [-0.39, 0.29) is 5.15 Å². The minimum Gasteiger partial charge on any atom is -0.220 e. The number of hydrogen-bond acceptors (Lipinski definition) is 2. The lowest BCUT2D eigenvalue weighted by Crippen LogP contribution is -2.03. The van der Waals surface area contributed by atoms with Crippen LogP contribution in [0.4, 0.5) is 13.2 Å². The molecule has 0 unspecified atom stereocenters. The Labute approximate surface area is 69.8 Å². The number of hydrogen-bond donors (Lipinski definition) is 0. The van der Waals surface area contributed by atoms with Crippen molar-refractivity contribution in [1.82, 2.24) is 4.98 Å². The van der Waals surface area contributed by atoms with Crippen LogP contribution in [0.15, 0.2) is 0 Å². The van der Waals surface area contributed by atoms with Gasteiger partial charge in [-0.15, -0.1) is 11.3 Å². The smallest absolute Gasteiger partial charge is 0.220 e. The van der Waals surface area contributed by atoms with Gasteiger partial charge in [0.2, 0.25) is 0 Å². The Morgan fingerprint density at radius 3 is 2.18 bits per heavy atom. The Morgan fingerprint density at radius 1 is 1.45 bits per heavy atom. The Kier molecular flexibility index (Phi) is 2.11. The standard InChI is InChI=1S/C5H3ClF3NS/c1-2-3(6)10-4(11-2)5(7,8)9/h1H3. The highest BCUT2D eigenvalue weighted by Gasteiger charge is 2.35. The van der Waals surface area contributed by atoms with Gasteiger partial charge in [0.05, 0.1) is 0 Å². The van der Waals surface area contributed by atoms with Crippen molar-refractivity contribution < 1.29 is 13.2 Å². The third-order valence-electron chi connectivity index (χ3n) is 0.982. The molecule has 0 radical (unpaired) electrons. The van der Waals surface area contributed by atoms with Gasteiger partial charge in [0.15, 0.2) is 5.01 Å². The molecule has 0 N–H and O–H groups in total. The summed E-state index contributed by atoms with van der Waals surface area (Å²) < 4.78 is 35.6. The molecule has 1 aromatic rings. The maximum atomic E-state index is 11.9. The molecule has 1 aromatic heterocycles. The molecule has 62 valence electrons. The van der Waals surface area contributed by atoms with Crippen molar-refractivity contribution in [3.05, 3.63) is 15.0 Å².